The minimum absolute atomic E-state index is 0.256. The molecule has 8 heteroatoms. The maximum atomic E-state index is 10.4. The molecule has 0 radical (unpaired) electrons. The molecule has 2 aliphatic heterocycles. The van der Waals surface area contributed by atoms with Crippen LogP contribution in [0.15, 0.2) is 18.3 Å². The molecule has 0 aromatic carbocycles. The Hall–Kier alpha value is -1.93. The first-order valence-corrected chi connectivity index (χ1v) is 8.52. The van der Waals surface area contributed by atoms with Gasteiger partial charge >= 0.3 is 0 Å². The number of nitrogens with zero attached hydrogens (tertiary/aromatic N) is 5. The van der Waals surface area contributed by atoms with Gasteiger partial charge in [0.2, 0.25) is 0 Å². The summed E-state index contributed by atoms with van der Waals surface area (Å²) in [5.74, 6) is 1.05. The van der Waals surface area contributed by atoms with Gasteiger partial charge in [-0.25, -0.2) is 4.98 Å². The van der Waals surface area contributed by atoms with Crippen molar-refractivity contribution in [2.45, 2.75) is 25.5 Å². The van der Waals surface area contributed by atoms with E-state index in [0.29, 0.717) is 12.8 Å². The van der Waals surface area contributed by atoms with E-state index in [1.807, 2.05) is 6.20 Å². The van der Waals surface area contributed by atoms with E-state index in [9.17, 15) is 10.1 Å². The third kappa shape index (κ3) is 4.55. The number of likely N-dealkylation sites (tertiary alicyclic amines) is 1. The highest BCUT2D eigenvalue weighted by molar-refractivity contribution is 5.39. The number of hydrogen-bond donors (Lipinski definition) is 0. The lowest BCUT2D eigenvalue weighted by molar-refractivity contribution is -0.769. The monoisotopic (exact) mass is 335 g/mol. The summed E-state index contributed by atoms with van der Waals surface area (Å²) in [5.41, 5.74) is 1.18. The Kier molecular flexibility index (Phi) is 5.47. The number of aromatic nitrogens is 1. The van der Waals surface area contributed by atoms with E-state index in [0.717, 1.165) is 51.6 Å². The first-order chi connectivity index (χ1) is 11.6. The Morgan fingerprint density at radius 1 is 1.21 bits per heavy atom. The third-order valence-electron chi connectivity index (χ3n) is 4.81. The molecular weight excluding hydrogens is 310 g/mol. The summed E-state index contributed by atoms with van der Waals surface area (Å²) < 4.78 is 0. The van der Waals surface area contributed by atoms with Crippen LogP contribution in [0.2, 0.25) is 0 Å². The predicted molar refractivity (Wildman–Crippen MR) is 90.3 cm³/mol. The zero-order valence-corrected chi connectivity index (χ0v) is 14.1. The second kappa shape index (κ2) is 7.76. The molecule has 1 aromatic rings. The smallest absolute Gasteiger partial charge is 0.294 e. The van der Waals surface area contributed by atoms with Crippen molar-refractivity contribution in [1.82, 2.24) is 14.8 Å². The average Bonchev–Trinajstić information content (AvgIpc) is 2.58. The van der Waals surface area contributed by atoms with E-state index in [1.165, 1.54) is 5.56 Å². The summed E-state index contributed by atoms with van der Waals surface area (Å²) in [6.07, 6.45) is 3.10. The van der Waals surface area contributed by atoms with Crippen LogP contribution in [-0.4, -0.2) is 72.3 Å². The summed E-state index contributed by atoms with van der Waals surface area (Å²) in [4.78, 5) is 26.6. The van der Waals surface area contributed by atoms with Gasteiger partial charge in [0.25, 0.3) is 5.09 Å². The molecule has 8 nitrogen and oxygen atoms in total. The first-order valence-electron chi connectivity index (χ1n) is 8.52. The standard InChI is InChI=1S/C16H25N5O3/c1-18-8-10-20(11-9-18)16-3-2-14(12-17-16)13-19-6-4-15(5-7-19)24-21(22)23/h2-3,12,15H,4-11,13H2,1H3. The molecule has 0 N–H and O–H groups in total. The van der Waals surface area contributed by atoms with Gasteiger partial charge in [-0.3, -0.25) is 4.90 Å². The molecule has 0 aliphatic carbocycles. The molecular formula is C16H25N5O3. The van der Waals surface area contributed by atoms with Gasteiger partial charge in [0.05, 0.1) is 0 Å². The second-order valence-corrected chi connectivity index (χ2v) is 6.62. The normalized spacial score (nSPS) is 21.0. The van der Waals surface area contributed by atoms with Gasteiger partial charge < -0.3 is 14.6 Å². The van der Waals surface area contributed by atoms with Gasteiger partial charge in [0, 0.05) is 52.0 Å². The van der Waals surface area contributed by atoms with Crippen LogP contribution < -0.4 is 4.90 Å². The zero-order valence-electron chi connectivity index (χ0n) is 14.1. The van der Waals surface area contributed by atoms with Crippen molar-refractivity contribution in [1.29, 1.82) is 0 Å². The van der Waals surface area contributed by atoms with Crippen LogP contribution in [0.25, 0.3) is 0 Å². The predicted octanol–water partition coefficient (Wildman–Crippen LogP) is 1.01. The lowest BCUT2D eigenvalue weighted by Gasteiger charge is -2.33. The molecule has 0 saturated carbocycles. The fourth-order valence-electron chi connectivity index (χ4n) is 3.29. The minimum Gasteiger partial charge on any atom is -0.354 e. The molecule has 1 aromatic heterocycles. The van der Waals surface area contributed by atoms with Crippen molar-refractivity contribution in [2.24, 2.45) is 0 Å². The zero-order chi connectivity index (χ0) is 16.9. The molecule has 3 heterocycles. The molecule has 2 fully saturated rings. The maximum absolute atomic E-state index is 10.4. The quantitative estimate of drug-likeness (QED) is 0.587. The van der Waals surface area contributed by atoms with E-state index in [4.69, 9.17) is 0 Å². The highest BCUT2D eigenvalue weighted by Gasteiger charge is 2.22. The van der Waals surface area contributed by atoms with Crippen molar-refractivity contribution in [3.63, 3.8) is 0 Å². The summed E-state index contributed by atoms with van der Waals surface area (Å²) in [6, 6.07) is 4.24. The Morgan fingerprint density at radius 2 is 1.92 bits per heavy atom. The summed E-state index contributed by atoms with van der Waals surface area (Å²) >= 11 is 0. The number of hydrogen-bond acceptors (Lipinski definition) is 7. The number of piperidine rings is 1. The van der Waals surface area contributed by atoms with E-state index in [-0.39, 0.29) is 6.10 Å². The number of pyridine rings is 1. The average molecular weight is 335 g/mol. The summed E-state index contributed by atoms with van der Waals surface area (Å²) in [5, 5.41) is 9.70. The molecule has 24 heavy (non-hydrogen) atoms. The summed E-state index contributed by atoms with van der Waals surface area (Å²) in [6.45, 7) is 6.66. The van der Waals surface area contributed by atoms with E-state index in [2.05, 4.69) is 43.7 Å². The van der Waals surface area contributed by atoms with Gasteiger partial charge in [-0.15, -0.1) is 10.1 Å². The molecule has 0 spiro atoms. The van der Waals surface area contributed by atoms with Gasteiger partial charge in [-0.05, 0) is 31.5 Å². The fraction of sp³-hybridized carbons (Fsp3) is 0.688. The molecule has 2 aliphatic rings. The van der Waals surface area contributed by atoms with Crippen molar-refractivity contribution in [2.75, 3.05) is 51.2 Å². The SMILES string of the molecule is CN1CCN(c2ccc(CN3CCC(O[N+](=O)[O-])CC3)cn2)CC1. The molecule has 0 unspecified atom stereocenters. The number of piperazine rings is 1. The highest BCUT2D eigenvalue weighted by Crippen LogP contribution is 2.18. The molecule has 0 atom stereocenters. The van der Waals surface area contributed by atoms with E-state index in [1.54, 1.807) is 0 Å². The highest BCUT2D eigenvalue weighted by atomic mass is 17.0. The molecule has 132 valence electrons. The molecule has 0 amide bonds. The molecule has 3 rings (SSSR count). The van der Waals surface area contributed by atoms with Crippen molar-refractivity contribution < 1.29 is 9.92 Å². The van der Waals surface area contributed by atoms with Gasteiger partial charge in [0.1, 0.15) is 11.9 Å². The Labute approximate surface area is 142 Å². The van der Waals surface area contributed by atoms with E-state index < -0.39 is 5.09 Å². The third-order valence-corrected chi connectivity index (χ3v) is 4.81. The molecule has 2 saturated heterocycles. The topological polar surface area (TPSA) is 75.0 Å². The van der Waals surface area contributed by atoms with Crippen LogP contribution >= 0.6 is 0 Å². The van der Waals surface area contributed by atoms with Crippen LogP contribution in [0.4, 0.5) is 5.82 Å². The van der Waals surface area contributed by atoms with Crippen molar-refractivity contribution >= 4 is 5.82 Å². The van der Waals surface area contributed by atoms with Gasteiger partial charge in [0.15, 0.2) is 0 Å². The summed E-state index contributed by atoms with van der Waals surface area (Å²) in [7, 11) is 2.15. The number of likely N-dealkylation sites (N-methyl/N-ethyl adjacent to an activating group) is 1. The van der Waals surface area contributed by atoms with E-state index >= 15 is 0 Å². The molecule has 0 bridgehead atoms. The van der Waals surface area contributed by atoms with Crippen LogP contribution in [-0.2, 0) is 11.4 Å². The minimum atomic E-state index is -0.679. The Bertz CT molecular complexity index is 537. The van der Waals surface area contributed by atoms with Crippen LogP contribution in [0.3, 0.4) is 0 Å². The Morgan fingerprint density at radius 3 is 2.50 bits per heavy atom. The Balaban J connectivity index is 1.47. The first kappa shape index (κ1) is 16.9. The second-order valence-electron chi connectivity index (χ2n) is 6.62. The maximum Gasteiger partial charge on any atom is 0.294 e. The van der Waals surface area contributed by atoms with Crippen molar-refractivity contribution in [3.8, 4) is 0 Å². The van der Waals surface area contributed by atoms with Crippen molar-refractivity contribution in [3.05, 3.63) is 34.0 Å². The lowest BCUT2D eigenvalue weighted by atomic mass is 10.1. The van der Waals surface area contributed by atoms with Crippen LogP contribution in [0.1, 0.15) is 18.4 Å². The van der Waals surface area contributed by atoms with Gasteiger partial charge in [-0.1, -0.05) is 6.07 Å². The van der Waals surface area contributed by atoms with Gasteiger partial charge in [-0.2, -0.15) is 0 Å². The van der Waals surface area contributed by atoms with Crippen LogP contribution in [0.5, 0.6) is 0 Å². The number of anilines is 1. The fourth-order valence-corrected chi connectivity index (χ4v) is 3.29. The largest absolute Gasteiger partial charge is 0.354 e. The lowest BCUT2D eigenvalue weighted by Crippen LogP contribution is -2.44. The number of rotatable bonds is 5. The van der Waals surface area contributed by atoms with Crippen LogP contribution in [0, 0.1) is 10.1 Å².